The molecule has 0 aliphatic rings. The number of anilines is 2. The molecule has 41 heavy (non-hydrogen) atoms. The summed E-state index contributed by atoms with van der Waals surface area (Å²) in [7, 11) is 0. The first-order chi connectivity index (χ1) is 19.8. The molecule has 0 heterocycles. The van der Waals surface area contributed by atoms with E-state index in [1.807, 2.05) is 93.6 Å². The van der Waals surface area contributed by atoms with Crippen molar-refractivity contribution in [3.8, 4) is 0 Å². The van der Waals surface area contributed by atoms with E-state index in [2.05, 4.69) is 16.0 Å². The number of benzene rings is 4. The Balaban J connectivity index is 1.49. The van der Waals surface area contributed by atoms with Gasteiger partial charge in [0.2, 0.25) is 5.91 Å². The van der Waals surface area contributed by atoms with E-state index in [9.17, 15) is 14.4 Å². The van der Waals surface area contributed by atoms with Crippen molar-refractivity contribution < 1.29 is 14.4 Å². The second-order valence-electron chi connectivity index (χ2n) is 9.52. The number of hydrogen-bond acceptors (Lipinski definition) is 4. The van der Waals surface area contributed by atoms with Gasteiger partial charge in [0.05, 0.1) is 5.25 Å². The molecule has 7 heteroatoms. The first-order valence-corrected chi connectivity index (χ1v) is 14.3. The predicted molar refractivity (Wildman–Crippen MR) is 168 cm³/mol. The molecular weight excluding hydrogens is 530 g/mol. The molecule has 0 fully saturated rings. The van der Waals surface area contributed by atoms with E-state index in [-0.39, 0.29) is 22.8 Å². The summed E-state index contributed by atoms with van der Waals surface area (Å²) in [6.07, 6.45) is 2.27. The maximum Gasteiger partial charge on any atom is 0.272 e. The molecule has 0 aliphatic carbocycles. The van der Waals surface area contributed by atoms with Gasteiger partial charge in [-0.2, -0.15) is 0 Å². The van der Waals surface area contributed by atoms with Gasteiger partial charge in [-0.05, 0) is 79.4 Å². The minimum Gasteiger partial charge on any atom is -0.325 e. The maximum absolute atomic E-state index is 13.4. The zero-order valence-electron chi connectivity index (χ0n) is 23.3. The molecule has 208 valence electrons. The van der Waals surface area contributed by atoms with E-state index in [4.69, 9.17) is 0 Å². The molecule has 0 radical (unpaired) electrons. The fourth-order valence-electron chi connectivity index (χ4n) is 4.09. The highest BCUT2D eigenvalue weighted by Gasteiger charge is 2.20. The van der Waals surface area contributed by atoms with Gasteiger partial charge in [-0.25, -0.2) is 0 Å². The quantitative estimate of drug-likeness (QED) is 0.140. The Kier molecular flexibility index (Phi) is 10.1. The molecule has 0 bridgehead atoms. The lowest BCUT2D eigenvalue weighted by Gasteiger charge is -2.17. The maximum atomic E-state index is 13.4. The molecule has 0 saturated carbocycles. The van der Waals surface area contributed by atoms with Gasteiger partial charge in [0.25, 0.3) is 11.8 Å². The van der Waals surface area contributed by atoms with Crippen LogP contribution in [0.5, 0.6) is 0 Å². The van der Waals surface area contributed by atoms with Crippen LogP contribution < -0.4 is 16.0 Å². The molecule has 3 N–H and O–H groups in total. The lowest BCUT2D eigenvalue weighted by Crippen LogP contribution is -2.30. The average molecular weight is 564 g/mol. The molecule has 0 aromatic heterocycles. The fourth-order valence-corrected chi connectivity index (χ4v) is 5.10. The van der Waals surface area contributed by atoms with E-state index in [0.717, 1.165) is 27.3 Å². The zero-order chi connectivity index (χ0) is 29.2. The highest BCUT2D eigenvalue weighted by Crippen LogP contribution is 2.29. The highest BCUT2D eigenvalue weighted by atomic mass is 32.2. The molecule has 4 aromatic carbocycles. The van der Waals surface area contributed by atoms with Crippen molar-refractivity contribution in [2.45, 2.75) is 37.3 Å². The Hall–Kier alpha value is -4.62. The van der Waals surface area contributed by atoms with Crippen LogP contribution in [0, 0.1) is 13.8 Å². The molecule has 1 atom stereocenters. The van der Waals surface area contributed by atoms with Crippen LogP contribution in [-0.2, 0) is 9.59 Å². The fraction of sp³-hybridized carbons (Fsp3) is 0.147. The molecular formula is C34H33N3O3S. The van der Waals surface area contributed by atoms with Crippen LogP contribution in [0.4, 0.5) is 11.4 Å². The number of hydrogen-bond donors (Lipinski definition) is 3. The normalized spacial score (nSPS) is 11.8. The molecule has 1 unspecified atom stereocenters. The van der Waals surface area contributed by atoms with E-state index < -0.39 is 5.91 Å². The smallest absolute Gasteiger partial charge is 0.272 e. The van der Waals surface area contributed by atoms with Gasteiger partial charge in [0, 0.05) is 21.8 Å². The third kappa shape index (κ3) is 8.19. The summed E-state index contributed by atoms with van der Waals surface area (Å²) in [5.74, 6) is -0.912. The van der Waals surface area contributed by atoms with Crippen molar-refractivity contribution in [3.05, 3.63) is 131 Å². The van der Waals surface area contributed by atoms with Crippen LogP contribution in [0.2, 0.25) is 0 Å². The summed E-state index contributed by atoms with van der Waals surface area (Å²) >= 11 is 1.44. The average Bonchev–Trinajstić information content (AvgIpc) is 2.99. The number of carbonyl (C=O) groups excluding carboxylic acids is 3. The summed E-state index contributed by atoms with van der Waals surface area (Å²) < 4.78 is 0. The van der Waals surface area contributed by atoms with Crippen molar-refractivity contribution in [2.24, 2.45) is 0 Å². The van der Waals surface area contributed by atoms with Crippen LogP contribution in [-0.4, -0.2) is 23.0 Å². The lowest BCUT2D eigenvalue weighted by atomic mass is 10.1. The first kappa shape index (κ1) is 29.4. The van der Waals surface area contributed by atoms with Gasteiger partial charge < -0.3 is 16.0 Å². The second-order valence-corrected chi connectivity index (χ2v) is 10.8. The molecule has 0 aliphatic heterocycles. The SMILES string of the molecule is CCC(Sc1cccc(NC(=O)/C(=C/c2ccccc2)NC(=O)c2ccccc2)c1)C(=O)Nc1cccc(C)c1C. The number of thioether (sulfide) groups is 1. The van der Waals surface area contributed by atoms with Crippen molar-refractivity contribution in [1.29, 1.82) is 0 Å². The zero-order valence-corrected chi connectivity index (χ0v) is 24.1. The summed E-state index contributed by atoms with van der Waals surface area (Å²) in [6.45, 7) is 5.99. The standard InChI is InChI=1S/C34H33N3O3S/c1-4-31(34(40)36-29-20-11-13-23(2)24(29)3)41-28-19-12-18-27(22-28)35-33(39)30(21-25-14-7-5-8-15-25)37-32(38)26-16-9-6-10-17-26/h5-22,31H,4H2,1-3H3,(H,35,39)(H,36,40)(H,37,38)/b30-21-. The largest absolute Gasteiger partial charge is 0.325 e. The van der Waals surface area contributed by atoms with Gasteiger partial charge in [0.15, 0.2) is 0 Å². The first-order valence-electron chi connectivity index (χ1n) is 13.4. The molecule has 0 spiro atoms. The molecule has 6 nitrogen and oxygen atoms in total. The van der Waals surface area contributed by atoms with Crippen LogP contribution in [0.15, 0.2) is 114 Å². The topological polar surface area (TPSA) is 87.3 Å². The monoisotopic (exact) mass is 563 g/mol. The van der Waals surface area contributed by atoms with Gasteiger partial charge >= 0.3 is 0 Å². The Morgan fingerprint density at radius 1 is 0.805 bits per heavy atom. The summed E-state index contributed by atoms with van der Waals surface area (Å²) in [5.41, 5.74) is 4.86. The van der Waals surface area contributed by atoms with Gasteiger partial charge in [-0.15, -0.1) is 11.8 Å². The molecule has 4 rings (SSSR count). The molecule has 3 amide bonds. The molecule has 4 aromatic rings. The number of rotatable bonds is 10. The Morgan fingerprint density at radius 3 is 2.20 bits per heavy atom. The number of carbonyl (C=O) groups is 3. The van der Waals surface area contributed by atoms with Crippen LogP contribution in [0.3, 0.4) is 0 Å². The van der Waals surface area contributed by atoms with Gasteiger partial charge in [-0.3, -0.25) is 14.4 Å². The summed E-state index contributed by atoms with van der Waals surface area (Å²) in [6, 6.07) is 31.3. The van der Waals surface area contributed by atoms with Crippen LogP contribution >= 0.6 is 11.8 Å². The van der Waals surface area contributed by atoms with Crippen LogP contribution in [0.25, 0.3) is 6.08 Å². The van der Waals surface area contributed by atoms with E-state index in [0.29, 0.717) is 17.7 Å². The summed E-state index contributed by atoms with van der Waals surface area (Å²) in [4.78, 5) is 40.2. The third-order valence-corrected chi connectivity index (χ3v) is 7.89. The molecule has 0 saturated heterocycles. The van der Waals surface area contributed by atoms with Crippen molar-refractivity contribution in [2.75, 3.05) is 10.6 Å². The van der Waals surface area contributed by atoms with Gasteiger partial charge in [-0.1, -0.05) is 73.7 Å². The van der Waals surface area contributed by atoms with Crippen molar-refractivity contribution in [3.63, 3.8) is 0 Å². The second kappa shape index (κ2) is 14.1. The Labute approximate surface area is 245 Å². The Morgan fingerprint density at radius 2 is 1.49 bits per heavy atom. The number of amides is 3. The van der Waals surface area contributed by atoms with Crippen molar-refractivity contribution >= 4 is 46.9 Å². The van der Waals surface area contributed by atoms with E-state index in [1.165, 1.54) is 11.8 Å². The number of aryl methyl sites for hydroxylation is 1. The highest BCUT2D eigenvalue weighted by molar-refractivity contribution is 8.00. The minimum absolute atomic E-state index is 0.0719. The van der Waals surface area contributed by atoms with Gasteiger partial charge in [0.1, 0.15) is 5.70 Å². The lowest BCUT2D eigenvalue weighted by molar-refractivity contribution is -0.116. The summed E-state index contributed by atoms with van der Waals surface area (Å²) in [5, 5.41) is 8.40. The van der Waals surface area contributed by atoms with Crippen LogP contribution in [0.1, 0.15) is 40.4 Å². The predicted octanol–water partition coefficient (Wildman–Crippen LogP) is 7.22. The van der Waals surface area contributed by atoms with E-state index >= 15 is 0 Å². The minimum atomic E-state index is -0.458. The van der Waals surface area contributed by atoms with E-state index in [1.54, 1.807) is 36.4 Å². The van der Waals surface area contributed by atoms with Crippen molar-refractivity contribution in [1.82, 2.24) is 5.32 Å². The Bertz CT molecular complexity index is 1550. The number of nitrogens with one attached hydrogen (secondary N) is 3. The third-order valence-electron chi connectivity index (χ3n) is 6.54.